The maximum Gasteiger partial charge on any atom is 0.228 e. The summed E-state index contributed by atoms with van der Waals surface area (Å²) in [6, 6.07) is 24.0. The van der Waals surface area contributed by atoms with Crippen LogP contribution in [0.25, 0.3) is 0 Å². The average Bonchev–Trinajstić information content (AvgIpc) is 2.64. The Balaban J connectivity index is 1.57. The van der Waals surface area contributed by atoms with Crippen LogP contribution in [0.1, 0.15) is 11.1 Å². The van der Waals surface area contributed by atoms with Crippen LogP contribution in [0.2, 0.25) is 0 Å². The van der Waals surface area contributed by atoms with Gasteiger partial charge < -0.3 is 15.5 Å². The van der Waals surface area contributed by atoms with Crippen molar-refractivity contribution < 1.29 is 4.79 Å². The van der Waals surface area contributed by atoms with E-state index in [0.717, 1.165) is 33.9 Å². The smallest absolute Gasteiger partial charge is 0.228 e. The fourth-order valence-electron chi connectivity index (χ4n) is 2.86. The van der Waals surface area contributed by atoms with Gasteiger partial charge in [-0.1, -0.05) is 29.8 Å². The van der Waals surface area contributed by atoms with E-state index >= 15 is 0 Å². The molecule has 0 radical (unpaired) electrons. The number of rotatable bonds is 6. The molecule has 138 valence electrons. The summed E-state index contributed by atoms with van der Waals surface area (Å²) < 4.78 is 0. The maximum absolute atomic E-state index is 12.2. The fraction of sp³-hybridized carbons (Fsp3) is 0.174. The molecule has 1 amide bonds. The van der Waals surface area contributed by atoms with Gasteiger partial charge in [-0.05, 0) is 61.0 Å². The quantitative estimate of drug-likeness (QED) is 0.652. The summed E-state index contributed by atoms with van der Waals surface area (Å²) >= 11 is 0. The van der Waals surface area contributed by atoms with E-state index in [1.165, 1.54) is 0 Å². The lowest BCUT2D eigenvalue weighted by Crippen LogP contribution is -2.14. The zero-order chi connectivity index (χ0) is 19.2. The Morgan fingerprint density at radius 2 is 1.44 bits per heavy atom. The van der Waals surface area contributed by atoms with Crippen molar-refractivity contribution in [1.29, 1.82) is 0 Å². The highest BCUT2D eigenvalue weighted by Gasteiger charge is 2.05. The molecule has 0 bridgehead atoms. The molecule has 0 fully saturated rings. The van der Waals surface area contributed by atoms with Gasteiger partial charge in [0.25, 0.3) is 0 Å². The van der Waals surface area contributed by atoms with Crippen LogP contribution in [-0.4, -0.2) is 20.0 Å². The van der Waals surface area contributed by atoms with E-state index in [1.54, 1.807) is 0 Å². The Morgan fingerprint density at radius 3 is 2.04 bits per heavy atom. The van der Waals surface area contributed by atoms with Crippen LogP contribution < -0.4 is 15.5 Å². The number of carbonyl (C=O) groups is 1. The van der Waals surface area contributed by atoms with Gasteiger partial charge >= 0.3 is 0 Å². The lowest BCUT2D eigenvalue weighted by atomic mass is 10.1. The second-order valence-corrected chi connectivity index (χ2v) is 6.86. The molecule has 0 aromatic heterocycles. The van der Waals surface area contributed by atoms with E-state index in [-0.39, 0.29) is 5.91 Å². The molecule has 0 unspecified atom stereocenters. The van der Waals surface area contributed by atoms with Gasteiger partial charge in [0.15, 0.2) is 0 Å². The van der Waals surface area contributed by atoms with Gasteiger partial charge in [-0.2, -0.15) is 0 Å². The molecule has 2 N–H and O–H groups in total. The van der Waals surface area contributed by atoms with Crippen LogP contribution in [0.4, 0.5) is 22.7 Å². The van der Waals surface area contributed by atoms with Crippen molar-refractivity contribution in [2.45, 2.75) is 13.3 Å². The van der Waals surface area contributed by atoms with Gasteiger partial charge in [0.1, 0.15) is 0 Å². The van der Waals surface area contributed by atoms with Crippen molar-refractivity contribution in [2.75, 3.05) is 29.6 Å². The van der Waals surface area contributed by atoms with Gasteiger partial charge in [0, 0.05) is 36.8 Å². The van der Waals surface area contributed by atoms with Gasteiger partial charge in [0.2, 0.25) is 5.91 Å². The summed E-state index contributed by atoms with van der Waals surface area (Å²) in [6.45, 7) is 2.03. The lowest BCUT2D eigenvalue weighted by molar-refractivity contribution is -0.115. The van der Waals surface area contributed by atoms with Crippen LogP contribution in [-0.2, 0) is 11.2 Å². The topological polar surface area (TPSA) is 44.4 Å². The van der Waals surface area contributed by atoms with E-state index in [1.807, 2.05) is 81.7 Å². The SMILES string of the molecule is Cc1cccc(CC(=O)Nc2ccc(Nc3ccc(N(C)C)cc3)cc2)c1. The first-order valence-corrected chi connectivity index (χ1v) is 8.99. The molecule has 0 aliphatic carbocycles. The van der Waals surface area contributed by atoms with Crippen LogP contribution in [0.15, 0.2) is 72.8 Å². The minimum Gasteiger partial charge on any atom is -0.378 e. The van der Waals surface area contributed by atoms with Crippen molar-refractivity contribution in [2.24, 2.45) is 0 Å². The largest absolute Gasteiger partial charge is 0.378 e. The number of amides is 1. The Kier molecular flexibility index (Phi) is 5.77. The number of nitrogens with zero attached hydrogens (tertiary/aromatic N) is 1. The summed E-state index contributed by atoms with van der Waals surface area (Å²) in [7, 11) is 4.04. The molecule has 0 aliphatic heterocycles. The van der Waals surface area contributed by atoms with Crippen LogP contribution in [0.5, 0.6) is 0 Å². The van der Waals surface area contributed by atoms with E-state index in [0.29, 0.717) is 6.42 Å². The molecule has 0 spiro atoms. The number of benzene rings is 3. The number of hydrogen-bond donors (Lipinski definition) is 2. The first-order valence-electron chi connectivity index (χ1n) is 8.99. The zero-order valence-electron chi connectivity index (χ0n) is 16.0. The third kappa shape index (κ3) is 5.35. The van der Waals surface area contributed by atoms with Gasteiger partial charge in [-0.3, -0.25) is 4.79 Å². The second kappa shape index (κ2) is 8.41. The molecule has 4 nitrogen and oxygen atoms in total. The first kappa shape index (κ1) is 18.5. The summed E-state index contributed by atoms with van der Waals surface area (Å²) in [6.07, 6.45) is 0.375. The number of carbonyl (C=O) groups excluding carboxylic acids is 1. The molecular weight excluding hydrogens is 334 g/mol. The highest BCUT2D eigenvalue weighted by atomic mass is 16.1. The molecule has 0 atom stereocenters. The Bertz CT molecular complexity index is 900. The molecule has 0 aliphatic rings. The molecular formula is C23H25N3O. The number of hydrogen-bond acceptors (Lipinski definition) is 3. The standard InChI is InChI=1S/C23H25N3O/c1-17-5-4-6-18(15-17)16-23(27)25-21-9-7-19(8-10-21)24-20-11-13-22(14-12-20)26(2)3/h4-15,24H,16H2,1-3H3,(H,25,27). The van der Waals surface area contributed by atoms with Crippen molar-refractivity contribution >= 4 is 28.7 Å². The van der Waals surface area contributed by atoms with Crippen molar-refractivity contribution in [1.82, 2.24) is 0 Å². The highest BCUT2D eigenvalue weighted by Crippen LogP contribution is 2.21. The molecule has 0 saturated carbocycles. The predicted molar refractivity (Wildman–Crippen MR) is 114 cm³/mol. The molecule has 3 aromatic carbocycles. The zero-order valence-corrected chi connectivity index (χ0v) is 16.0. The minimum atomic E-state index is -0.0133. The van der Waals surface area contributed by atoms with Gasteiger partial charge in [-0.25, -0.2) is 0 Å². The van der Waals surface area contributed by atoms with Gasteiger partial charge in [-0.15, -0.1) is 0 Å². The predicted octanol–water partition coefficient (Wildman–Crippen LogP) is 4.99. The summed E-state index contributed by atoms with van der Waals surface area (Å²) in [5, 5.41) is 6.31. The van der Waals surface area contributed by atoms with Crippen molar-refractivity contribution in [3.8, 4) is 0 Å². The monoisotopic (exact) mass is 359 g/mol. The molecule has 0 heterocycles. The number of anilines is 4. The molecule has 3 aromatic rings. The Hall–Kier alpha value is -3.27. The van der Waals surface area contributed by atoms with Crippen molar-refractivity contribution in [3.05, 3.63) is 83.9 Å². The van der Waals surface area contributed by atoms with Crippen molar-refractivity contribution in [3.63, 3.8) is 0 Å². The fourth-order valence-corrected chi connectivity index (χ4v) is 2.86. The van der Waals surface area contributed by atoms with Crippen LogP contribution in [0.3, 0.4) is 0 Å². The van der Waals surface area contributed by atoms with E-state index < -0.39 is 0 Å². The third-order valence-electron chi connectivity index (χ3n) is 4.29. The normalized spacial score (nSPS) is 10.3. The second-order valence-electron chi connectivity index (χ2n) is 6.86. The van der Waals surface area contributed by atoms with E-state index in [9.17, 15) is 4.79 Å². The molecule has 0 saturated heterocycles. The van der Waals surface area contributed by atoms with Crippen LogP contribution >= 0.6 is 0 Å². The van der Waals surface area contributed by atoms with Gasteiger partial charge in [0.05, 0.1) is 6.42 Å². The Morgan fingerprint density at radius 1 is 0.852 bits per heavy atom. The number of nitrogens with one attached hydrogen (secondary N) is 2. The molecule has 27 heavy (non-hydrogen) atoms. The average molecular weight is 359 g/mol. The first-order chi connectivity index (χ1) is 13.0. The maximum atomic E-state index is 12.2. The molecule has 3 rings (SSSR count). The van der Waals surface area contributed by atoms with E-state index in [2.05, 4.69) is 27.7 Å². The summed E-state index contributed by atoms with van der Waals surface area (Å²) in [4.78, 5) is 14.3. The highest BCUT2D eigenvalue weighted by molar-refractivity contribution is 5.92. The number of aryl methyl sites for hydroxylation is 1. The Labute approximate surface area is 160 Å². The summed E-state index contributed by atoms with van der Waals surface area (Å²) in [5.74, 6) is -0.0133. The van der Waals surface area contributed by atoms with Crippen LogP contribution in [0, 0.1) is 6.92 Å². The third-order valence-corrected chi connectivity index (χ3v) is 4.29. The lowest BCUT2D eigenvalue weighted by Gasteiger charge is -2.13. The molecule has 4 heteroatoms. The van der Waals surface area contributed by atoms with E-state index in [4.69, 9.17) is 0 Å². The minimum absolute atomic E-state index is 0.0133. The summed E-state index contributed by atoms with van der Waals surface area (Å²) in [5.41, 5.74) is 6.13.